The number of aromatic nitrogens is 1. The molecule has 15 heavy (non-hydrogen) atoms. The summed E-state index contributed by atoms with van der Waals surface area (Å²) in [7, 11) is 0. The second-order valence-corrected chi connectivity index (χ2v) is 3.50. The number of rotatable bonds is 4. The van der Waals surface area contributed by atoms with Gasteiger partial charge in [0.1, 0.15) is 0 Å². The summed E-state index contributed by atoms with van der Waals surface area (Å²) >= 11 is 0. The van der Waals surface area contributed by atoms with Gasteiger partial charge in [0.05, 0.1) is 6.04 Å². The highest BCUT2D eigenvalue weighted by Crippen LogP contribution is 2.04. The zero-order valence-electron chi connectivity index (χ0n) is 9.18. The van der Waals surface area contributed by atoms with E-state index in [1.165, 1.54) is 0 Å². The van der Waals surface area contributed by atoms with E-state index >= 15 is 0 Å². The van der Waals surface area contributed by atoms with Crippen LogP contribution in [0.4, 0.5) is 0 Å². The molecule has 1 heterocycles. The van der Waals surface area contributed by atoms with Gasteiger partial charge in [-0.25, -0.2) is 0 Å². The quantitative estimate of drug-likeness (QED) is 0.793. The van der Waals surface area contributed by atoms with Crippen LogP contribution in [0, 0.1) is 0 Å². The molecule has 1 aromatic rings. The Morgan fingerprint density at radius 2 is 2.13 bits per heavy atom. The van der Waals surface area contributed by atoms with Crippen LogP contribution in [0.25, 0.3) is 0 Å². The monoisotopic (exact) mass is 207 g/mol. The Morgan fingerprint density at radius 3 is 2.60 bits per heavy atom. The Hall–Kier alpha value is -1.42. The van der Waals surface area contributed by atoms with Crippen LogP contribution in [0.3, 0.4) is 0 Å². The Labute approximate surface area is 90.1 Å². The van der Waals surface area contributed by atoms with E-state index in [1.807, 2.05) is 19.1 Å². The van der Waals surface area contributed by atoms with Crippen molar-refractivity contribution in [3.8, 4) is 0 Å². The molecule has 0 saturated carbocycles. The van der Waals surface area contributed by atoms with Crippen molar-refractivity contribution in [1.82, 2.24) is 9.88 Å². The van der Waals surface area contributed by atoms with E-state index in [2.05, 4.69) is 4.98 Å². The number of hydrogen-bond acceptors (Lipinski definition) is 3. The molecule has 0 bridgehead atoms. The lowest BCUT2D eigenvalue weighted by molar-refractivity contribution is -0.132. The second kappa shape index (κ2) is 5.46. The number of carbonyl (C=O) groups excluding carboxylic acids is 1. The Balaban J connectivity index is 2.66. The first kappa shape index (κ1) is 11.7. The van der Waals surface area contributed by atoms with Crippen LogP contribution in [-0.2, 0) is 11.3 Å². The average molecular weight is 207 g/mol. The lowest BCUT2D eigenvalue weighted by Gasteiger charge is -2.22. The minimum atomic E-state index is -0.438. The highest BCUT2D eigenvalue weighted by molar-refractivity contribution is 5.81. The molecule has 1 amide bonds. The van der Waals surface area contributed by atoms with E-state index in [4.69, 9.17) is 5.73 Å². The minimum absolute atomic E-state index is 0.0192. The Morgan fingerprint density at radius 1 is 1.53 bits per heavy atom. The largest absolute Gasteiger partial charge is 0.337 e. The number of carbonyl (C=O) groups is 1. The van der Waals surface area contributed by atoms with Gasteiger partial charge in [-0.3, -0.25) is 9.78 Å². The van der Waals surface area contributed by atoms with E-state index in [1.54, 1.807) is 24.2 Å². The fourth-order valence-electron chi connectivity index (χ4n) is 1.34. The summed E-state index contributed by atoms with van der Waals surface area (Å²) in [6.45, 7) is 4.92. The predicted molar refractivity (Wildman–Crippen MR) is 59.0 cm³/mol. The van der Waals surface area contributed by atoms with E-state index in [0.29, 0.717) is 13.1 Å². The Kier molecular flexibility index (Phi) is 4.24. The van der Waals surface area contributed by atoms with Gasteiger partial charge in [-0.05, 0) is 31.5 Å². The Bertz CT molecular complexity index is 311. The SMILES string of the molecule is CCN(Cc1ccncc1)C(=O)[C@H](C)N. The van der Waals surface area contributed by atoms with Crippen molar-refractivity contribution in [3.05, 3.63) is 30.1 Å². The van der Waals surface area contributed by atoms with Crippen molar-refractivity contribution in [2.24, 2.45) is 5.73 Å². The molecule has 0 saturated heterocycles. The first-order valence-electron chi connectivity index (χ1n) is 5.08. The summed E-state index contributed by atoms with van der Waals surface area (Å²) in [5, 5.41) is 0. The minimum Gasteiger partial charge on any atom is -0.337 e. The van der Waals surface area contributed by atoms with Crippen LogP contribution in [0.5, 0.6) is 0 Å². The third-order valence-corrected chi connectivity index (χ3v) is 2.21. The topological polar surface area (TPSA) is 59.2 Å². The molecule has 1 aromatic heterocycles. The molecule has 0 aliphatic heterocycles. The molecule has 0 aromatic carbocycles. The van der Waals surface area contributed by atoms with Crippen molar-refractivity contribution in [1.29, 1.82) is 0 Å². The predicted octanol–water partition coefficient (Wildman–Crippen LogP) is 0.777. The molecule has 0 aliphatic rings. The summed E-state index contributed by atoms with van der Waals surface area (Å²) < 4.78 is 0. The van der Waals surface area contributed by atoms with Crippen molar-refractivity contribution in [3.63, 3.8) is 0 Å². The molecule has 0 spiro atoms. The number of pyridine rings is 1. The van der Waals surface area contributed by atoms with Gasteiger partial charge in [-0.1, -0.05) is 0 Å². The van der Waals surface area contributed by atoms with E-state index in [9.17, 15) is 4.79 Å². The van der Waals surface area contributed by atoms with Gasteiger partial charge in [-0.15, -0.1) is 0 Å². The van der Waals surface area contributed by atoms with Gasteiger partial charge in [0.25, 0.3) is 0 Å². The number of nitrogens with zero attached hydrogens (tertiary/aromatic N) is 2. The molecule has 0 aliphatic carbocycles. The number of nitrogens with two attached hydrogens (primary N) is 1. The summed E-state index contributed by atoms with van der Waals surface area (Å²) in [6.07, 6.45) is 3.44. The number of hydrogen-bond donors (Lipinski definition) is 1. The summed E-state index contributed by atoms with van der Waals surface area (Å²) in [5.74, 6) is -0.0192. The maximum atomic E-state index is 11.7. The second-order valence-electron chi connectivity index (χ2n) is 3.50. The van der Waals surface area contributed by atoms with Gasteiger partial charge in [0, 0.05) is 25.5 Å². The molecule has 82 valence electrons. The molecule has 4 nitrogen and oxygen atoms in total. The fourth-order valence-corrected chi connectivity index (χ4v) is 1.34. The molecule has 0 radical (unpaired) electrons. The lowest BCUT2D eigenvalue weighted by atomic mass is 10.2. The van der Waals surface area contributed by atoms with Crippen LogP contribution >= 0.6 is 0 Å². The first-order chi connectivity index (χ1) is 7.15. The zero-order chi connectivity index (χ0) is 11.3. The maximum Gasteiger partial charge on any atom is 0.239 e. The maximum absolute atomic E-state index is 11.7. The fraction of sp³-hybridized carbons (Fsp3) is 0.455. The van der Waals surface area contributed by atoms with Gasteiger partial charge in [0.15, 0.2) is 0 Å². The van der Waals surface area contributed by atoms with Crippen LogP contribution in [0.15, 0.2) is 24.5 Å². The third-order valence-electron chi connectivity index (χ3n) is 2.21. The van der Waals surface area contributed by atoms with Gasteiger partial charge in [-0.2, -0.15) is 0 Å². The molecule has 0 fully saturated rings. The molecule has 2 N–H and O–H groups in total. The van der Waals surface area contributed by atoms with Crippen LogP contribution in [0.1, 0.15) is 19.4 Å². The number of likely N-dealkylation sites (N-methyl/N-ethyl adjacent to an activating group) is 1. The van der Waals surface area contributed by atoms with E-state index in [-0.39, 0.29) is 5.91 Å². The van der Waals surface area contributed by atoms with Crippen molar-refractivity contribution < 1.29 is 4.79 Å². The van der Waals surface area contributed by atoms with Crippen molar-refractivity contribution in [2.45, 2.75) is 26.4 Å². The molecule has 0 unspecified atom stereocenters. The first-order valence-corrected chi connectivity index (χ1v) is 5.08. The normalized spacial score (nSPS) is 12.2. The summed E-state index contributed by atoms with van der Waals surface area (Å²) in [5.41, 5.74) is 6.63. The number of amides is 1. The van der Waals surface area contributed by atoms with Gasteiger partial charge in [0.2, 0.25) is 5.91 Å². The zero-order valence-corrected chi connectivity index (χ0v) is 9.18. The van der Waals surface area contributed by atoms with Crippen molar-refractivity contribution in [2.75, 3.05) is 6.54 Å². The third kappa shape index (κ3) is 3.32. The molecular weight excluding hydrogens is 190 g/mol. The lowest BCUT2D eigenvalue weighted by Crippen LogP contribution is -2.41. The standard InChI is InChI=1S/C11H17N3O/c1-3-14(11(15)9(2)12)8-10-4-6-13-7-5-10/h4-7,9H,3,8,12H2,1-2H3/t9-/m0/s1. The molecule has 4 heteroatoms. The van der Waals surface area contributed by atoms with Crippen molar-refractivity contribution >= 4 is 5.91 Å². The van der Waals surface area contributed by atoms with Gasteiger partial charge < -0.3 is 10.6 Å². The summed E-state index contributed by atoms with van der Waals surface area (Å²) in [6, 6.07) is 3.36. The van der Waals surface area contributed by atoms with Crippen LogP contribution in [-0.4, -0.2) is 28.4 Å². The van der Waals surface area contributed by atoms with Crippen LogP contribution < -0.4 is 5.73 Å². The van der Waals surface area contributed by atoms with Gasteiger partial charge >= 0.3 is 0 Å². The molecule has 1 rings (SSSR count). The van der Waals surface area contributed by atoms with E-state index < -0.39 is 6.04 Å². The molecule has 1 atom stereocenters. The van der Waals surface area contributed by atoms with E-state index in [0.717, 1.165) is 5.56 Å². The highest BCUT2D eigenvalue weighted by Gasteiger charge is 2.15. The molecular formula is C11H17N3O. The van der Waals surface area contributed by atoms with Crippen LogP contribution in [0.2, 0.25) is 0 Å². The smallest absolute Gasteiger partial charge is 0.239 e. The highest BCUT2D eigenvalue weighted by atomic mass is 16.2. The summed E-state index contributed by atoms with van der Waals surface area (Å²) in [4.78, 5) is 17.3. The average Bonchev–Trinajstić information content (AvgIpc) is 2.26.